The maximum Gasteiger partial charge on any atom is 0.353 e. The average molecular weight is 198 g/mol. The van der Waals surface area contributed by atoms with E-state index in [1.807, 2.05) is 0 Å². The van der Waals surface area contributed by atoms with Gasteiger partial charge in [0.2, 0.25) is 0 Å². The predicted octanol–water partition coefficient (Wildman–Crippen LogP) is 0.145. The SMILES string of the molecule is CNC(=O)N(C)C(=O)/N=C(\N)C1CC1. The number of nitrogens with two attached hydrogens (primary N) is 1. The zero-order chi connectivity index (χ0) is 10.7. The van der Waals surface area contributed by atoms with Gasteiger partial charge in [0.25, 0.3) is 0 Å². The van der Waals surface area contributed by atoms with E-state index in [2.05, 4.69) is 10.3 Å². The molecule has 1 saturated carbocycles. The number of hydrogen-bond donors (Lipinski definition) is 2. The molecular weight excluding hydrogens is 184 g/mol. The summed E-state index contributed by atoms with van der Waals surface area (Å²) in [6, 6.07) is -1.13. The minimum Gasteiger partial charge on any atom is -0.387 e. The van der Waals surface area contributed by atoms with Crippen LogP contribution in [0.1, 0.15) is 12.8 Å². The first-order valence-corrected chi connectivity index (χ1v) is 4.39. The minimum absolute atomic E-state index is 0.233. The molecule has 14 heavy (non-hydrogen) atoms. The third-order valence-electron chi connectivity index (χ3n) is 2.03. The molecule has 0 spiro atoms. The molecule has 6 nitrogen and oxygen atoms in total. The Bertz CT molecular complexity index is 283. The van der Waals surface area contributed by atoms with Gasteiger partial charge in [-0.2, -0.15) is 4.99 Å². The zero-order valence-electron chi connectivity index (χ0n) is 8.28. The van der Waals surface area contributed by atoms with Crippen LogP contribution in [0.15, 0.2) is 4.99 Å². The molecule has 0 atom stereocenters. The lowest BCUT2D eigenvalue weighted by atomic mass is 10.4. The minimum atomic E-state index is -0.631. The quantitative estimate of drug-likeness (QED) is 0.464. The van der Waals surface area contributed by atoms with Crippen LogP contribution in [-0.2, 0) is 0 Å². The molecule has 4 amide bonds. The van der Waals surface area contributed by atoms with Gasteiger partial charge in [-0.1, -0.05) is 0 Å². The van der Waals surface area contributed by atoms with E-state index in [4.69, 9.17) is 5.73 Å². The molecule has 1 fully saturated rings. The summed E-state index contributed by atoms with van der Waals surface area (Å²) in [6.45, 7) is 0. The third kappa shape index (κ3) is 2.45. The van der Waals surface area contributed by atoms with Crippen LogP contribution >= 0.6 is 0 Å². The van der Waals surface area contributed by atoms with Crippen LogP contribution in [0.2, 0.25) is 0 Å². The molecule has 0 saturated heterocycles. The fourth-order valence-corrected chi connectivity index (χ4v) is 0.910. The molecule has 0 bridgehead atoms. The molecule has 0 heterocycles. The molecule has 3 N–H and O–H groups in total. The first-order chi connectivity index (χ1) is 6.56. The molecule has 1 aliphatic rings. The van der Waals surface area contributed by atoms with Crippen molar-refractivity contribution >= 4 is 17.9 Å². The van der Waals surface area contributed by atoms with Crippen molar-refractivity contribution in [1.82, 2.24) is 10.2 Å². The van der Waals surface area contributed by atoms with Crippen LogP contribution in [0.25, 0.3) is 0 Å². The number of imide groups is 1. The van der Waals surface area contributed by atoms with E-state index in [9.17, 15) is 9.59 Å². The smallest absolute Gasteiger partial charge is 0.353 e. The van der Waals surface area contributed by atoms with Crippen LogP contribution in [0.5, 0.6) is 0 Å². The van der Waals surface area contributed by atoms with E-state index >= 15 is 0 Å². The number of rotatable bonds is 1. The van der Waals surface area contributed by atoms with Gasteiger partial charge in [-0.25, -0.2) is 14.5 Å². The number of amides is 4. The van der Waals surface area contributed by atoms with Crippen molar-refractivity contribution in [2.24, 2.45) is 16.6 Å². The van der Waals surface area contributed by atoms with Gasteiger partial charge in [0.15, 0.2) is 0 Å². The van der Waals surface area contributed by atoms with Crippen molar-refractivity contribution in [3.05, 3.63) is 0 Å². The standard InChI is InChI=1S/C8H14N4O2/c1-10-7(13)12(2)8(14)11-6(9)5-3-4-5/h5H,3-4H2,1-2H3,(H,10,13)(H2,9,11,14). The summed E-state index contributed by atoms with van der Waals surface area (Å²) in [4.78, 5) is 26.8. The number of hydrogen-bond acceptors (Lipinski definition) is 2. The van der Waals surface area contributed by atoms with Gasteiger partial charge in [0, 0.05) is 20.0 Å². The topological polar surface area (TPSA) is 87.8 Å². The summed E-state index contributed by atoms with van der Waals surface area (Å²) in [6.07, 6.45) is 1.96. The highest BCUT2D eigenvalue weighted by molar-refractivity contribution is 6.00. The Morgan fingerprint density at radius 1 is 1.50 bits per heavy atom. The molecule has 1 aliphatic carbocycles. The lowest BCUT2D eigenvalue weighted by molar-refractivity contribution is 0.201. The fraction of sp³-hybridized carbons (Fsp3) is 0.625. The highest BCUT2D eigenvalue weighted by Gasteiger charge is 2.27. The van der Waals surface area contributed by atoms with E-state index in [0.717, 1.165) is 17.7 Å². The van der Waals surface area contributed by atoms with Crippen molar-refractivity contribution in [3.8, 4) is 0 Å². The molecule has 0 unspecified atom stereocenters. The van der Waals surface area contributed by atoms with Crippen molar-refractivity contribution in [2.45, 2.75) is 12.8 Å². The van der Waals surface area contributed by atoms with Crippen LogP contribution in [0.3, 0.4) is 0 Å². The van der Waals surface area contributed by atoms with Gasteiger partial charge in [0.1, 0.15) is 5.84 Å². The highest BCUT2D eigenvalue weighted by atomic mass is 16.2. The van der Waals surface area contributed by atoms with E-state index in [-0.39, 0.29) is 5.92 Å². The van der Waals surface area contributed by atoms with E-state index in [1.54, 1.807) is 0 Å². The molecule has 0 aliphatic heterocycles. The van der Waals surface area contributed by atoms with Crippen LogP contribution in [-0.4, -0.2) is 36.9 Å². The molecule has 78 valence electrons. The van der Waals surface area contributed by atoms with Gasteiger partial charge in [0.05, 0.1) is 0 Å². The average Bonchev–Trinajstić information content (AvgIpc) is 2.98. The van der Waals surface area contributed by atoms with E-state index in [0.29, 0.717) is 5.84 Å². The Labute approximate surface area is 82.2 Å². The molecule has 0 aromatic rings. The summed E-state index contributed by atoms with van der Waals surface area (Å²) in [5, 5.41) is 2.32. The number of urea groups is 2. The van der Waals surface area contributed by atoms with Gasteiger partial charge in [-0.15, -0.1) is 0 Å². The lowest BCUT2D eigenvalue weighted by Crippen LogP contribution is -2.38. The van der Waals surface area contributed by atoms with Gasteiger partial charge in [-0.3, -0.25) is 0 Å². The monoisotopic (exact) mass is 198 g/mol. The maximum atomic E-state index is 11.3. The van der Waals surface area contributed by atoms with Gasteiger partial charge < -0.3 is 11.1 Å². The normalized spacial score (nSPS) is 16.3. The van der Waals surface area contributed by atoms with Crippen molar-refractivity contribution < 1.29 is 9.59 Å². The molecule has 6 heteroatoms. The largest absolute Gasteiger partial charge is 0.387 e. The maximum absolute atomic E-state index is 11.3. The number of amidine groups is 1. The molecule has 0 aromatic heterocycles. The first kappa shape index (κ1) is 10.5. The second-order valence-corrected chi connectivity index (χ2v) is 3.21. The van der Waals surface area contributed by atoms with E-state index < -0.39 is 12.1 Å². The molecule has 0 radical (unpaired) electrons. The summed E-state index contributed by atoms with van der Waals surface area (Å²) >= 11 is 0. The van der Waals surface area contributed by atoms with Crippen molar-refractivity contribution in [1.29, 1.82) is 0 Å². The van der Waals surface area contributed by atoms with Gasteiger partial charge >= 0.3 is 12.1 Å². The fourth-order valence-electron chi connectivity index (χ4n) is 0.910. The zero-order valence-corrected chi connectivity index (χ0v) is 8.28. The summed E-state index contributed by atoms with van der Waals surface area (Å²) in [5.41, 5.74) is 5.53. The van der Waals surface area contributed by atoms with Crippen LogP contribution in [0, 0.1) is 5.92 Å². The Morgan fingerprint density at radius 2 is 2.07 bits per heavy atom. The number of nitrogens with zero attached hydrogens (tertiary/aromatic N) is 2. The van der Waals surface area contributed by atoms with E-state index in [1.165, 1.54) is 14.1 Å². The Kier molecular flexibility index (Phi) is 3.06. The second-order valence-electron chi connectivity index (χ2n) is 3.21. The third-order valence-corrected chi connectivity index (χ3v) is 2.03. The Hall–Kier alpha value is -1.59. The lowest BCUT2D eigenvalue weighted by Gasteiger charge is -2.11. The number of carbonyl (C=O) groups excluding carboxylic acids is 2. The van der Waals surface area contributed by atoms with Crippen molar-refractivity contribution in [2.75, 3.05) is 14.1 Å². The Morgan fingerprint density at radius 3 is 2.50 bits per heavy atom. The first-order valence-electron chi connectivity index (χ1n) is 4.39. The van der Waals surface area contributed by atoms with Crippen molar-refractivity contribution in [3.63, 3.8) is 0 Å². The van der Waals surface area contributed by atoms with Gasteiger partial charge in [-0.05, 0) is 12.8 Å². The Balaban J connectivity index is 2.55. The van der Waals surface area contributed by atoms with Crippen LogP contribution in [0.4, 0.5) is 9.59 Å². The molecule has 1 rings (SSSR count). The molecular formula is C8H14N4O2. The number of nitrogens with one attached hydrogen (secondary N) is 1. The predicted molar refractivity (Wildman–Crippen MR) is 52.0 cm³/mol. The summed E-state index contributed by atoms with van der Waals surface area (Å²) in [5.74, 6) is 0.558. The summed E-state index contributed by atoms with van der Waals surface area (Å²) in [7, 11) is 2.80. The highest BCUT2D eigenvalue weighted by Crippen LogP contribution is 2.28. The second kappa shape index (κ2) is 4.08. The molecule has 0 aromatic carbocycles. The summed E-state index contributed by atoms with van der Waals surface area (Å²) < 4.78 is 0. The van der Waals surface area contributed by atoms with Crippen LogP contribution < -0.4 is 11.1 Å². The number of aliphatic imine (C=N–C) groups is 1. The number of carbonyl (C=O) groups is 2.